The van der Waals surface area contributed by atoms with Gasteiger partial charge >= 0.3 is 0 Å². The van der Waals surface area contributed by atoms with E-state index in [1.807, 2.05) is 0 Å². The van der Waals surface area contributed by atoms with Crippen LogP contribution in [0, 0.1) is 17.8 Å². The first-order chi connectivity index (χ1) is 11.7. The Morgan fingerprint density at radius 2 is 1.64 bits per heavy atom. The Kier molecular flexibility index (Phi) is 5.10. The topological polar surface area (TPSA) is 3.24 Å². The summed E-state index contributed by atoms with van der Waals surface area (Å²) in [4.78, 5) is 2.95. The Balaban J connectivity index is 2.00. The van der Waals surface area contributed by atoms with Crippen LogP contribution in [0.15, 0.2) is 30.3 Å². The molecule has 0 radical (unpaired) electrons. The lowest BCUT2D eigenvalue weighted by Gasteiger charge is -2.51. The number of benzene rings is 1. The molecule has 1 heteroatoms. The number of hydrogen-bond donors (Lipinski definition) is 0. The van der Waals surface area contributed by atoms with Crippen molar-refractivity contribution in [3.8, 4) is 0 Å². The predicted molar refractivity (Wildman–Crippen MR) is 109 cm³/mol. The zero-order valence-corrected chi connectivity index (χ0v) is 17.5. The SMILES string of the molecule is CC(C)C1CCCC(C)[C@H]1N1C(C)C(C)(c2ccccc2)CC1(C)C. The average molecular weight is 342 g/mol. The summed E-state index contributed by atoms with van der Waals surface area (Å²) in [6.45, 7) is 17.4. The third-order valence-corrected chi connectivity index (χ3v) is 7.67. The maximum Gasteiger partial charge on any atom is 0.0170 e. The molecule has 2 fully saturated rings. The predicted octanol–water partition coefficient (Wildman–Crippen LogP) is 6.28. The van der Waals surface area contributed by atoms with E-state index in [0.29, 0.717) is 6.04 Å². The lowest BCUT2D eigenvalue weighted by atomic mass is 9.71. The fourth-order valence-corrected chi connectivity index (χ4v) is 6.44. The van der Waals surface area contributed by atoms with E-state index >= 15 is 0 Å². The summed E-state index contributed by atoms with van der Waals surface area (Å²) >= 11 is 0. The van der Waals surface area contributed by atoms with Gasteiger partial charge in [-0.2, -0.15) is 0 Å². The van der Waals surface area contributed by atoms with E-state index in [-0.39, 0.29) is 11.0 Å². The Morgan fingerprint density at radius 3 is 2.24 bits per heavy atom. The minimum Gasteiger partial charge on any atom is -0.291 e. The molecule has 0 amide bonds. The van der Waals surface area contributed by atoms with Gasteiger partial charge in [0, 0.05) is 23.0 Å². The van der Waals surface area contributed by atoms with Crippen molar-refractivity contribution in [2.45, 2.75) is 97.2 Å². The molecule has 0 aromatic heterocycles. The minimum atomic E-state index is 0.240. The second-order valence-corrected chi connectivity index (χ2v) is 10.2. The smallest absolute Gasteiger partial charge is 0.0170 e. The summed E-state index contributed by atoms with van der Waals surface area (Å²) in [6.07, 6.45) is 5.47. The summed E-state index contributed by atoms with van der Waals surface area (Å²) in [5.41, 5.74) is 2.01. The highest BCUT2D eigenvalue weighted by Crippen LogP contribution is 2.52. The fourth-order valence-electron chi connectivity index (χ4n) is 6.44. The van der Waals surface area contributed by atoms with Gasteiger partial charge in [0.15, 0.2) is 0 Å². The number of hydrogen-bond acceptors (Lipinski definition) is 1. The molecule has 0 spiro atoms. The van der Waals surface area contributed by atoms with Gasteiger partial charge in [-0.15, -0.1) is 0 Å². The van der Waals surface area contributed by atoms with Crippen molar-refractivity contribution in [2.24, 2.45) is 17.8 Å². The third kappa shape index (κ3) is 3.18. The van der Waals surface area contributed by atoms with Crippen molar-refractivity contribution in [3.63, 3.8) is 0 Å². The highest BCUT2D eigenvalue weighted by Gasteiger charge is 2.56. The van der Waals surface area contributed by atoms with Crippen molar-refractivity contribution >= 4 is 0 Å². The maximum atomic E-state index is 2.95. The van der Waals surface area contributed by atoms with Crippen LogP contribution in [-0.4, -0.2) is 22.5 Å². The molecule has 0 N–H and O–H groups in total. The van der Waals surface area contributed by atoms with Crippen LogP contribution in [-0.2, 0) is 5.41 Å². The normalized spacial score (nSPS) is 39.0. The van der Waals surface area contributed by atoms with Crippen LogP contribution in [0.4, 0.5) is 0 Å². The summed E-state index contributed by atoms with van der Waals surface area (Å²) in [5, 5.41) is 0. The molecule has 1 saturated heterocycles. The molecule has 1 aliphatic heterocycles. The van der Waals surface area contributed by atoms with Gasteiger partial charge in [0.1, 0.15) is 0 Å². The molecule has 1 aromatic carbocycles. The number of likely N-dealkylation sites (tertiary alicyclic amines) is 1. The second-order valence-electron chi connectivity index (χ2n) is 10.2. The minimum absolute atomic E-state index is 0.240. The summed E-state index contributed by atoms with van der Waals surface area (Å²) in [6, 6.07) is 12.6. The second kappa shape index (κ2) is 6.72. The molecule has 1 aromatic rings. The Bertz CT molecular complexity index is 575. The molecular formula is C24H39N. The summed E-state index contributed by atoms with van der Waals surface area (Å²) in [7, 11) is 0. The van der Waals surface area contributed by atoms with Gasteiger partial charge in [-0.05, 0) is 63.4 Å². The van der Waals surface area contributed by atoms with Gasteiger partial charge in [0.05, 0.1) is 0 Å². The van der Waals surface area contributed by atoms with Crippen molar-refractivity contribution in [3.05, 3.63) is 35.9 Å². The van der Waals surface area contributed by atoms with Crippen LogP contribution in [0.2, 0.25) is 0 Å². The molecule has 1 aliphatic carbocycles. The molecule has 1 saturated carbocycles. The van der Waals surface area contributed by atoms with Gasteiger partial charge in [-0.1, -0.05) is 64.4 Å². The Morgan fingerprint density at radius 1 is 1.00 bits per heavy atom. The zero-order valence-electron chi connectivity index (χ0n) is 17.5. The van der Waals surface area contributed by atoms with Crippen LogP contribution in [0.25, 0.3) is 0 Å². The fraction of sp³-hybridized carbons (Fsp3) is 0.750. The van der Waals surface area contributed by atoms with E-state index < -0.39 is 0 Å². The van der Waals surface area contributed by atoms with E-state index in [2.05, 4.69) is 83.7 Å². The van der Waals surface area contributed by atoms with E-state index in [4.69, 9.17) is 0 Å². The highest BCUT2D eigenvalue weighted by molar-refractivity contribution is 5.31. The number of rotatable bonds is 3. The monoisotopic (exact) mass is 341 g/mol. The molecule has 4 unspecified atom stereocenters. The van der Waals surface area contributed by atoms with Crippen LogP contribution in [0.1, 0.15) is 79.7 Å². The maximum absolute atomic E-state index is 2.95. The lowest BCUT2D eigenvalue weighted by Crippen LogP contribution is -2.57. The van der Waals surface area contributed by atoms with E-state index in [1.165, 1.54) is 31.2 Å². The van der Waals surface area contributed by atoms with Gasteiger partial charge in [0.25, 0.3) is 0 Å². The highest BCUT2D eigenvalue weighted by atomic mass is 15.3. The van der Waals surface area contributed by atoms with Crippen molar-refractivity contribution in [2.75, 3.05) is 0 Å². The standard InChI is InChI=1S/C24H39N/c1-17(2)21-15-11-12-18(3)22(21)25-19(4)24(7,16-23(25,5)6)20-13-9-8-10-14-20/h8-10,13-14,17-19,21-22H,11-12,15-16H2,1-7H3/t18?,19?,21?,22-,24?/m1/s1. The third-order valence-electron chi connectivity index (χ3n) is 7.67. The van der Waals surface area contributed by atoms with Gasteiger partial charge in [0.2, 0.25) is 0 Å². The zero-order chi connectivity index (χ0) is 18.4. The van der Waals surface area contributed by atoms with Crippen LogP contribution in [0.3, 0.4) is 0 Å². The van der Waals surface area contributed by atoms with Crippen LogP contribution < -0.4 is 0 Å². The molecule has 140 valence electrons. The van der Waals surface area contributed by atoms with Crippen LogP contribution >= 0.6 is 0 Å². The van der Waals surface area contributed by atoms with E-state index in [0.717, 1.165) is 23.8 Å². The largest absolute Gasteiger partial charge is 0.291 e. The molecule has 1 heterocycles. The first-order valence-corrected chi connectivity index (χ1v) is 10.5. The lowest BCUT2D eigenvalue weighted by molar-refractivity contribution is -0.0218. The van der Waals surface area contributed by atoms with E-state index in [9.17, 15) is 0 Å². The molecule has 25 heavy (non-hydrogen) atoms. The Labute approximate surface area is 156 Å². The van der Waals surface area contributed by atoms with Gasteiger partial charge < -0.3 is 0 Å². The van der Waals surface area contributed by atoms with Crippen LogP contribution in [0.5, 0.6) is 0 Å². The van der Waals surface area contributed by atoms with Crippen molar-refractivity contribution < 1.29 is 0 Å². The molecular weight excluding hydrogens is 302 g/mol. The summed E-state index contributed by atoms with van der Waals surface area (Å²) < 4.78 is 0. The van der Waals surface area contributed by atoms with Gasteiger partial charge in [-0.25, -0.2) is 0 Å². The molecule has 3 rings (SSSR count). The molecule has 0 bridgehead atoms. The summed E-state index contributed by atoms with van der Waals surface area (Å²) in [5.74, 6) is 2.42. The first kappa shape index (κ1) is 19.0. The molecule has 1 nitrogen and oxygen atoms in total. The molecule has 2 aliphatic rings. The molecule has 5 atom stereocenters. The average Bonchev–Trinajstić information content (AvgIpc) is 2.74. The first-order valence-electron chi connectivity index (χ1n) is 10.5. The Hall–Kier alpha value is -0.820. The number of nitrogens with zero attached hydrogens (tertiary/aromatic N) is 1. The van der Waals surface area contributed by atoms with Crippen molar-refractivity contribution in [1.29, 1.82) is 0 Å². The quantitative estimate of drug-likeness (QED) is 0.625. The van der Waals surface area contributed by atoms with Gasteiger partial charge in [-0.3, -0.25) is 4.90 Å². The van der Waals surface area contributed by atoms with E-state index in [1.54, 1.807) is 0 Å². The van der Waals surface area contributed by atoms with Crippen molar-refractivity contribution in [1.82, 2.24) is 4.90 Å².